The van der Waals surface area contributed by atoms with Crippen LogP contribution in [0.5, 0.6) is 0 Å². The second-order valence-corrected chi connectivity index (χ2v) is 13.2. The molecule has 32 heavy (non-hydrogen) atoms. The maximum Gasteiger partial charge on any atom is 0.0707 e. The molecule has 0 saturated heterocycles. The number of hydrogen-bond acceptors (Lipinski definition) is 5. The molecule has 1 atom stereocenters. The second-order valence-electron chi connectivity index (χ2n) is 10.5. The molecule has 5 heteroatoms. The summed E-state index contributed by atoms with van der Waals surface area (Å²) in [7, 11) is 3.93. The highest BCUT2D eigenvalue weighted by molar-refractivity contribution is 8.76. The lowest BCUT2D eigenvalue weighted by Crippen LogP contribution is -2.30. The van der Waals surface area contributed by atoms with Gasteiger partial charge >= 0.3 is 0 Å². The molecule has 0 aliphatic rings. The third-order valence-electron chi connectivity index (χ3n) is 5.66. The third-order valence-corrected chi connectivity index (χ3v) is 8.24. The van der Waals surface area contributed by atoms with Crippen molar-refractivity contribution in [3.63, 3.8) is 0 Å². The summed E-state index contributed by atoms with van der Waals surface area (Å²) in [5, 5.41) is 0. The number of ether oxygens (including phenoxy) is 3. The molecular weight excluding hydrogens is 436 g/mol. The molecule has 0 aliphatic heterocycles. The monoisotopic (exact) mass is 492 g/mol. The molecule has 0 rings (SSSR count). The zero-order valence-corrected chi connectivity index (χ0v) is 24.1. The summed E-state index contributed by atoms with van der Waals surface area (Å²) in [6, 6.07) is 0. The van der Waals surface area contributed by atoms with Gasteiger partial charge in [-0.15, -0.1) is 0 Å². The molecule has 0 N–H and O–H groups in total. The maximum atomic E-state index is 6.31. The first-order chi connectivity index (χ1) is 15.3. The van der Waals surface area contributed by atoms with E-state index in [2.05, 4.69) is 41.5 Å². The summed E-state index contributed by atoms with van der Waals surface area (Å²) < 4.78 is 17.9. The molecule has 0 heterocycles. The van der Waals surface area contributed by atoms with E-state index < -0.39 is 0 Å². The molecule has 1 unspecified atom stereocenters. The van der Waals surface area contributed by atoms with Crippen molar-refractivity contribution in [2.24, 2.45) is 5.41 Å². The highest BCUT2D eigenvalue weighted by Gasteiger charge is 2.23. The molecule has 0 spiro atoms. The van der Waals surface area contributed by atoms with Crippen molar-refractivity contribution < 1.29 is 14.2 Å². The van der Waals surface area contributed by atoms with Gasteiger partial charge in [0.15, 0.2) is 0 Å². The fraction of sp³-hybridized carbons (Fsp3) is 1.00. The standard InChI is InChI=1S/C27H56O3S2/c1-7-9-11-12-13-17-27(6,16-10-8-2)30-23-22-29-20-15-25-32-31-24-14-19-28-21-18-26(3,4)5/h7-25H2,1-6H3. The summed E-state index contributed by atoms with van der Waals surface area (Å²) in [6.45, 7) is 17.7. The van der Waals surface area contributed by atoms with Crippen molar-refractivity contribution in [1.29, 1.82) is 0 Å². The lowest BCUT2D eigenvalue weighted by molar-refractivity contribution is -0.0682. The van der Waals surface area contributed by atoms with Crippen LogP contribution in [0.1, 0.15) is 119 Å². The van der Waals surface area contributed by atoms with Gasteiger partial charge in [-0.25, -0.2) is 0 Å². The van der Waals surface area contributed by atoms with Gasteiger partial charge < -0.3 is 14.2 Å². The lowest BCUT2D eigenvalue weighted by atomic mass is 9.92. The van der Waals surface area contributed by atoms with E-state index in [-0.39, 0.29) is 5.60 Å². The highest BCUT2D eigenvalue weighted by Crippen LogP contribution is 2.26. The van der Waals surface area contributed by atoms with E-state index in [1.54, 1.807) is 0 Å². The van der Waals surface area contributed by atoms with Crippen LogP contribution < -0.4 is 0 Å². The maximum absolute atomic E-state index is 6.31. The SMILES string of the molecule is CCCCCCCC(C)(CCCC)OCCOCCCSSCCCOCCC(C)(C)C. The molecule has 0 bridgehead atoms. The van der Waals surface area contributed by atoms with Gasteiger partial charge in [-0.2, -0.15) is 0 Å². The normalized spacial score (nSPS) is 14.1. The van der Waals surface area contributed by atoms with Crippen LogP contribution in [0.3, 0.4) is 0 Å². The van der Waals surface area contributed by atoms with Crippen molar-refractivity contribution in [1.82, 2.24) is 0 Å². The third kappa shape index (κ3) is 23.7. The predicted molar refractivity (Wildman–Crippen MR) is 147 cm³/mol. The molecule has 194 valence electrons. The van der Waals surface area contributed by atoms with Crippen LogP contribution in [0.25, 0.3) is 0 Å². The van der Waals surface area contributed by atoms with E-state index in [1.165, 1.54) is 63.5 Å². The van der Waals surface area contributed by atoms with Crippen LogP contribution in [-0.2, 0) is 14.2 Å². The van der Waals surface area contributed by atoms with E-state index in [1.807, 2.05) is 21.6 Å². The van der Waals surface area contributed by atoms with Gasteiger partial charge in [-0.05, 0) is 44.4 Å². The number of rotatable bonds is 24. The molecule has 0 aromatic carbocycles. The largest absolute Gasteiger partial charge is 0.381 e. The lowest BCUT2D eigenvalue weighted by Gasteiger charge is -2.30. The van der Waals surface area contributed by atoms with Crippen molar-refractivity contribution in [3.05, 3.63) is 0 Å². The summed E-state index contributed by atoms with van der Waals surface area (Å²) >= 11 is 0. The first-order valence-corrected chi connectivity index (χ1v) is 15.9. The fourth-order valence-corrected chi connectivity index (χ4v) is 5.53. The zero-order chi connectivity index (χ0) is 24.0. The average molecular weight is 493 g/mol. The Labute approximate surface area is 209 Å². The molecule has 0 fully saturated rings. The van der Waals surface area contributed by atoms with E-state index in [0.717, 1.165) is 58.0 Å². The van der Waals surface area contributed by atoms with E-state index >= 15 is 0 Å². The highest BCUT2D eigenvalue weighted by atomic mass is 33.1. The Morgan fingerprint density at radius 1 is 0.531 bits per heavy atom. The molecule has 0 saturated carbocycles. The van der Waals surface area contributed by atoms with Gasteiger partial charge in [0.2, 0.25) is 0 Å². The Balaban J connectivity index is 3.56. The Hall–Kier alpha value is 0.580. The molecule has 0 radical (unpaired) electrons. The molecule has 0 aromatic heterocycles. The van der Waals surface area contributed by atoms with Crippen molar-refractivity contribution in [3.8, 4) is 0 Å². The van der Waals surface area contributed by atoms with Gasteiger partial charge in [0, 0.05) is 31.3 Å². The van der Waals surface area contributed by atoms with Gasteiger partial charge in [0.1, 0.15) is 0 Å². The Morgan fingerprint density at radius 3 is 1.69 bits per heavy atom. The van der Waals surface area contributed by atoms with Crippen LogP contribution in [-0.4, -0.2) is 50.1 Å². The van der Waals surface area contributed by atoms with Crippen LogP contribution in [0.2, 0.25) is 0 Å². The zero-order valence-electron chi connectivity index (χ0n) is 22.5. The minimum absolute atomic E-state index is 0.0362. The summed E-state index contributed by atoms with van der Waals surface area (Å²) in [6.07, 6.45) is 14.9. The Kier molecular flexibility index (Phi) is 22.5. The average Bonchev–Trinajstić information content (AvgIpc) is 2.74. The molecule has 0 aliphatic carbocycles. The first-order valence-electron chi connectivity index (χ1n) is 13.4. The molecule has 0 aromatic rings. The van der Waals surface area contributed by atoms with Crippen LogP contribution in [0, 0.1) is 5.41 Å². The van der Waals surface area contributed by atoms with Gasteiger partial charge in [-0.3, -0.25) is 0 Å². The first kappa shape index (κ1) is 32.6. The second kappa shape index (κ2) is 22.1. The van der Waals surface area contributed by atoms with Crippen molar-refractivity contribution >= 4 is 21.6 Å². The topological polar surface area (TPSA) is 27.7 Å². The smallest absolute Gasteiger partial charge is 0.0707 e. The number of hydrogen-bond donors (Lipinski definition) is 0. The van der Waals surface area contributed by atoms with Crippen molar-refractivity contribution in [2.45, 2.75) is 124 Å². The minimum Gasteiger partial charge on any atom is -0.381 e. The summed E-state index contributed by atoms with van der Waals surface area (Å²) in [5.41, 5.74) is 0.413. The van der Waals surface area contributed by atoms with E-state index in [9.17, 15) is 0 Å². The van der Waals surface area contributed by atoms with E-state index in [0.29, 0.717) is 5.41 Å². The summed E-state index contributed by atoms with van der Waals surface area (Å²) in [5.74, 6) is 2.33. The van der Waals surface area contributed by atoms with E-state index in [4.69, 9.17) is 14.2 Å². The number of unbranched alkanes of at least 4 members (excludes halogenated alkanes) is 5. The van der Waals surface area contributed by atoms with Crippen LogP contribution in [0.15, 0.2) is 0 Å². The predicted octanol–water partition coefficient (Wildman–Crippen LogP) is 8.94. The minimum atomic E-state index is 0.0362. The summed E-state index contributed by atoms with van der Waals surface area (Å²) in [4.78, 5) is 0. The van der Waals surface area contributed by atoms with Gasteiger partial charge in [0.25, 0.3) is 0 Å². The van der Waals surface area contributed by atoms with Gasteiger partial charge in [-0.1, -0.05) is 101 Å². The quantitative estimate of drug-likeness (QED) is 0.0990. The molecule has 3 nitrogen and oxygen atoms in total. The molecular formula is C27H56O3S2. The molecule has 0 amide bonds. The Bertz CT molecular complexity index is 388. The van der Waals surface area contributed by atoms with Crippen molar-refractivity contribution in [2.75, 3.05) is 44.5 Å². The van der Waals surface area contributed by atoms with Gasteiger partial charge in [0.05, 0.1) is 18.8 Å². The van der Waals surface area contributed by atoms with Crippen LogP contribution in [0.4, 0.5) is 0 Å². The van der Waals surface area contributed by atoms with Crippen LogP contribution >= 0.6 is 21.6 Å². The Morgan fingerprint density at radius 2 is 1.09 bits per heavy atom. The fourth-order valence-electron chi connectivity index (χ4n) is 3.41.